The molecule has 0 unspecified atom stereocenters. The fourth-order valence-electron chi connectivity index (χ4n) is 3.13. The monoisotopic (exact) mass is 430 g/mol. The largest absolute Gasteiger partial charge is 0.394 e. The van der Waals surface area contributed by atoms with E-state index in [2.05, 4.69) is 25.5 Å². The second-order valence-electron chi connectivity index (χ2n) is 6.70. The number of benzene rings is 1. The summed E-state index contributed by atoms with van der Waals surface area (Å²) in [7, 11) is 0. The van der Waals surface area contributed by atoms with Crippen LogP contribution in [0.1, 0.15) is 11.8 Å². The number of nitro groups is 1. The molecule has 31 heavy (non-hydrogen) atoms. The molecule has 3 aromatic rings. The van der Waals surface area contributed by atoms with E-state index in [-0.39, 0.29) is 28.6 Å². The molecule has 1 aliphatic heterocycles. The minimum Gasteiger partial charge on any atom is -0.394 e. The van der Waals surface area contributed by atoms with Crippen LogP contribution in [0, 0.1) is 10.1 Å². The van der Waals surface area contributed by atoms with Gasteiger partial charge in [-0.1, -0.05) is 0 Å². The maximum absolute atomic E-state index is 10.7. The van der Waals surface area contributed by atoms with Gasteiger partial charge in [-0.2, -0.15) is 15.1 Å². The first-order valence-electron chi connectivity index (χ1n) is 9.05. The average Bonchev–Trinajstić information content (AvgIpc) is 3.30. The molecule has 2 aromatic heterocycles. The highest BCUT2D eigenvalue weighted by Gasteiger charge is 2.44. The molecule has 6 N–H and O–H groups in total. The van der Waals surface area contributed by atoms with Crippen LogP contribution in [0.2, 0.25) is 0 Å². The molecule has 4 atom stereocenters. The van der Waals surface area contributed by atoms with Crippen LogP contribution >= 0.6 is 0 Å². The first-order chi connectivity index (χ1) is 14.9. The fraction of sp³-hybridized carbons (Fsp3) is 0.294. The zero-order chi connectivity index (χ0) is 22.1. The summed E-state index contributed by atoms with van der Waals surface area (Å²) in [6.45, 7) is -0.470. The molecule has 162 valence electrons. The molecule has 14 nitrogen and oxygen atoms in total. The number of anilines is 2. The van der Waals surface area contributed by atoms with Crippen molar-refractivity contribution in [2.24, 2.45) is 5.10 Å². The summed E-state index contributed by atoms with van der Waals surface area (Å²) in [6.07, 6.45) is -1.85. The van der Waals surface area contributed by atoms with Gasteiger partial charge in [-0.3, -0.25) is 14.7 Å². The summed E-state index contributed by atoms with van der Waals surface area (Å²) in [5.41, 5.74) is 9.58. The summed E-state index contributed by atoms with van der Waals surface area (Å²) < 4.78 is 6.88. The SMILES string of the molecule is Nc1nc(NN=Cc2ccc([N+](=O)[O-])cc2)nc2c1ncn2[C@@H]1O[C@H](CO)[C@@H](O)[C@H]1O. The van der Waals surface area contributed by atoms with Crippen LogP contribution in [-0.4, -0.2) is 70.9 Å². The molecule has 0 bridgehead atoms. The highest BCUT2D eigenvalue weighted by Crippen LogP contribution is 2.32. The van der Waals surface area contributed by atoms with Crippen LogP contribution in [0.3, 0.4) is 0 Å². The summed E-state index contributed by atoms with van der Waals surface area (Å²) in [5, 5.41) is 44.2. The van der Waals surface area contributed by atoms with E-state index in [1.807, 2.05) is 0 Å². The molecule has 0 amide bonds. The van der Waals surface area contributed by atoms with Gasteiger partial charge in [0.25, 0.3) is 5.69 Å². The van der Waals surface area contributed by atoms with E-state index in [1.54, 1.807) is 0 Å². The Morgan fingerprint density at radius 2 is 2.03 bits per heavy atom. The van der Waals surface area contributed by atoms with E-state index in [0.717, 1.165) is 0 Å². The third-order valence-corrected chi connectivity index (χ3v) is 4.72. The van der Waals surface area contributed by atoms with Gasteiger partial charge >= 0.3 is 0 Å². The zero-order valence-corrected chi connectivity index (χ0v) is 15.8. The quantitative estimate of drug-likeness (QED) is 0.189. The molecule has 1 aliphatic rings. The third-order valence-electron chi connectivity index (χ3n) is 4.72. The van der Waals surface area contributed by atoms with Gasteiger partial charge in [0.15, 0.2) is 17.7 Å². The van der Waals surface area contributed by atoms with Crippen molar-refractivity contribution < 1.29 is 25.0 Å². The predicted molar refractivity (Wildman–Crippen MR) is 107 cm³/mol. The molecule has 1 fully saturated rings. The summed E-state index contributed by atoms with van der Waals surface area (Å²) in [5.74, 6) is 0.0696. The van der Waals surface area contributed by atoms with Crippen molar-refractivity contribution in [3.05, 3.63) is 46.3 Å². The molecular weight excluding hydrogens is 412 g/mol. The Labute approximate surface area is 173 Å². The van der Waals surface area contributed by atoms with Crippen molar-refractivity contribution in [2.45, 2.75) is 24.5 Å². The number of ether oxygens (including phenoxy) is 1. The smallest absolute Gasteiger partial charge is 0.269 e. The van der Waals surface area contributed by atoms with E-state index in [1.165, 1.54) is 41.4 Å². The maximum atomic E-state index is 10.7. The number of hydrogen-bond donors (Lipinski definition) is 5. The van der Waals surface area contributed by atoms with Gasteiger partial charge < -0.3 is 25.8 Å². The number of aliphatic hydroxyl groups excluding tert-OH is 3. The number of rotatable bonds is 6. The molecule has 14 heteroatoms. The molecule has 0 spiro atoms. The average molecular weight is 430 g/mol. The summed E-state index contributed by atoms with van der Waals surface area (Å²) in [4.78, 5) is 22.7. The van der Waals surface area contributed by atoms with E-state index >= 15 is 0 Å². The minimum absolute atomic E-state index is 0.0247. The number of imidazole rings is 1. The van der Waals surface area contributed by atoms with Gasteiger partial charge in [0.1, 0.15) is 23.8 Å². The lowest BCUT2D eigenvalue weighted by atomic mass is 10.1. The zero-order valence-electron chi connectivity index (χ0n) is 15.8. The number of fused-ring (bicyclic) bond motifs is 1. The summed E-state index contributed by atoms with van der Waals surface area (Å²) >= 11 is 0. The van der Waals surface area contributed by atoms with Crippen LogP contribution in [0.15, 0.2) is 35.7 Å². The van der Waals surface area contributed by atoms with Gasteiger partial charge in [-0.25, -0.2) is 10.4 Å². The molecule has 0 radical (unpaired) electrons. The van der Waals surface area contributed by atoms with Crippen LogP contribution in [0.5, 0.6) is 0 Å². The number of nitrogens with zero attached hydrogens (tertiary/aromatic N) is 6. The first kappa shape index (κ1) is 20.5. The molecule has 1 saturated heterocycles. The van der Waals surface area contributed by atoms with Crippen molar-refractivity contribution in [1.29, 1.82) is 0 Å². The van der Waals surface area contributed by atoms with Gasteiger partial charge in [0, 0.05) is 12.1 Å². The van der Waals surface area contributed by atoms with Crippen molar-refractivity contribution in [2.75, 3.05) is 17.8 Å². The minimum atomic E-state index is -1.32. The number of hydrazone groups is 1. The third kappa shape index (κ3) is 3.87. The Kier molecular flexibility index (Phi) is 5.43. The standard InChI is InChI=1S/C17H18N8O6/c18-14-11-15(24(7-19-11)16-13(28)12(27)10(6-26)31-16)22-17(21-14)23-20-5-8-1-3-9(4-2-8)25(29)30/h1-5,7,10,12-13,16,26-28H,6H2,(H3,18,21,22,23)/t10-,12-,13-,16-/m1/s1. The molecule has 0 saturated carbocycles. The predicted octanol–water partition coefficient (Wildman–Crippen LogP) is -0.626. The number of hydrogen-bond acceptors (Lipinski definition) is 12. The van der Waals surface area contributed by atoms with Crippen LogP contribution < -0.4 is 11.2 Å². The Hall–Kier alpha value is -3.72. The number of nitro benzene ring substituents is 1. The van der Waals surface area contributed by atoms with Crippen molar-refractivity contribution >= 4 is 34.8 Å². The summed E-state index contributed by atoms with van der Waals surface area (Å²) in [6, 6.07) is 5.75. The van der Waals surface area contributed by atoms with Crippen molar-refractivity contribution in [3.63, 3.8) is 0 Å². The molecule has 1 aromatic carbocycles. The second kappa shape index (κ2) is 8.19. The number of nitrogen functional groups attached to an aromatic ring is 1. The fourth-order valence-corrected chi connectivity index (χ4v) is 3.13. The highest BCUT2D eigenvalue weighted by atomic mass is 16.6. The number of aliphatic hydroxyl groups is 3. The number of aromatic nitrogens is 4. The van der Waals surface area contributed by atoms with Crippen LogP contribution in [0.25, 0.3) is 11.2 Å². The van der Waals surface area contributed by atoms with Gasteiger partial charge in [-0.05, 0) is 17.7 Å². The second-order valence-corrected chi connectivity index (χ2v) is 6.70. The Morgan fingerprint density at radius 3 is 2.68 bits per heavy atom. The van der Waals surface area contributed by atoms with E-state index in [9.17, 15) is 25.4 Å². The molecular formula is C17H18N8O6. The lowest BCUT2D eigenvalue weighted by molar-refractivity contribution is -0.384. The lowest BCUT2D eigenvalue weighted by Crippen LogP contribution is -2.33. The number of nitrogens with two attached hydrogens (primary N) is 1. The van der Waals surface area contributed by atoms with Crippen LogP contribution in [0.4, 0.5) is 17.5 Å². The van der Waals surface area contributed by atoms with E-state index in [0.29, 0.717) is 5.56 Å². The van der Waals surface area contributed by atoms with Crippen molar-refractivity contribution in [3.8, 4) is 0 Å². The van der Waals surface area contributed by atoms with E-state index < -0.39 is 36.1 Å². The van der Waals surface area contributed by atoms with Crippen molar-refractivity contribution in [1.82, 2.24) is 19.5 Å². The molecule has 3 heterocycles. The highest BCUT2D eigenvalue weighted by molar-refractivity contribution is 5.83. The van der Waals surface area contributed by atoms with Gasteiger partial charge in [0.2, 0.25) is 5.95 Å². The van der Waals surface area contributed by atoms with Gasteiger partial charge in [0.05, 0.1) is 24.1 Å². The Morgan fingerprint density at radius 1 is 1.29 bits per heavy atom. The lowest BCUT2D eigenvalue weighted by Gasteiger charge is -2.16. The normalized spacial score (nSPS) is 23.6. The first-order valence-corrected chi connectivity index (χ1v) is 9.05. The maximum Gasteiger partial charge on any atom is 0.269 e. The topological polar surface area (TPSA) is 207 Å². The molecule has 4 rings (SSSR count). The number of non-ortho nitro benzene ring substituents is 1. The van der Waals surface area contributed by atoms with Gasteiger partial charge in [-0.15, -0.1) is 0 Å². The Balaban J connectivity index is 1.57. The number of nitrogens with one attached hydrogen (secondary N) is 1. The van der Waals surface area contributed by atoms with E-state index in [4.69, 9.17) is 10.5 Å². The van der Waals surface area contributed by atoms with Crippen LogP contribution in [-0.2, 0) is 4.74 Å². The molecule has 0 aliphatic carbocycles. The Bertz CT molecular complexity index is 1130.